The summed E-state index contributed by atoms with van der Waals surface area (Å²) in [6, 6.07) is 4.06. The highest BCUT2D eigenvalue weighted by molar-refractivity contribution is 6.33. The summed E-state index contributed by atoms with van der Waals surface area (Å²) in [6.45, 7) is 0.398. The second-order valence-corrected chi connectivity index (χ2v) is 6.66. The molecule has 1 heterocycles. The van der Waals surface area contributed by atoms with Crippen molar-refractivity contribution in [1.29, 1.82) is 0 Å². The van der Waals surface area contributed by atoms with Crippen molar-refractivity contribution in [3.8, 4) is 11.5 Å². The van der Waals surface area contributed by atoms with E-state index in [4.69, 9.17) is 32.7 Å². The molecule has 30 heavy (non-hydrogen) atoms. The number of ether oxygens (including phenoxy) is 2. The van der Waals surface area contributed by atoms with E-state index in [1.165, 1.54) is 20.3 Å². The van der Waals surface area contributed by atoms with Gasteiger partial charge in [0, 0.05) is 25.4 Å². The third kappa shape index (κ3) is 6.43. The van der Waals surface area contributed by atoms with E-state index in [1.54, 1.807) is 18.2 Å². The number of nitrogens with zero attached hydrogens (tertiary/aromatic N) is 1. The van der Waals surface area contributed by atoms with Crippen LogP contribution in [0.25, 0.3) is 6.08 Å². The predicted octanol–water partition coefficient (Wildman–Crippen LogP) is 4.67. The number of methoxy groups -OCH3 is 2. The van der Waals surface area contributed by atoms with Gasteiger partial charge in [-0.05, 0) is 29.8 Å². The molecule has 2 aromatic rings. The molecule has 0 aliphatic rings. The fraction of sp³-hybridized carbons (Fsp3) is 0.263. The van der Waals surface area contributed by atoms with Crippen LogP contribution in [0.3, 0.4) is 0 Å². The number of hydrogen-bond acceptors (Lipinski definition) is 5. The zero-order valence-corrected chi connectivity index (χ0v) is 17.5. The first kappa shape index (κ1) is 23.6. The number of alkyl halides is 3. The van der Waals surface area contributed by atoms with Gasteiger partial charge in [0.1, 0.15) is 5.82 Å². The zero-order valence-electron chi connectivity index (χ0n) is 15.9. The lowest BCUT2D eigenvalue weighted by Gasteiger charge is -2.11. The quantitative estimate of drug-likeness (QED) is 0.439. The maximum absolute atomic E-state index is 12.6. The van der Waals surface area contributed by atoms with E-state index in [0.717, 1.165) is 6.07 Å². The number of rotatable bonds is 8. The summed E-state index contributed by atoms with van der Waals surface area (Å²) >= 11 is 11.9. The molecular weight excluding hydrogens is 446 g/mol. The smallest absolute Gasteiger partial charge is 0.417 e. The summed E-state index contributed by atoms with van der Waals surface area (Å²) in [6.07, 6.45) is -0.983. The molecule has 162 valence electrons. The van der Waals surface area contributed by atoms with Gasteiger partial charge in [0.05, 0.1) is 29.8 Å². The molecule has 0 bridgehead atoms. The first-order valence-corrected chi connectivity index (χ1v) is 9.25. The fourth-order valence-electron chi connectivity index (χ4n) is 2.35. The lowest BCUT2D eigenvalue weighted by Crippen LogP contribution is -2.27. The van der Waals surface area contributed by atoms with Gasteiger partial charge in [0.15, 0.2) is 11.5 Å². The van der Waals surface area contributed by atoms with E-state index in [-0.39, 0.29) is 29.8 Å². The highest BCUT2D eigenvalue weighted by Gasteiger charge is 2.31. The normalized spacial score (nSPS) is 11.4. The van der Waals surface area contributed by atoms with Crippen molar-refractivity contribution < 1.29 is 27.4 Å². The van der Waals surface area contributed by atoms with Crippen LogP contribution in [0.1, 0.15) is 11.1 Å². The van der Waals surface area contributed by atoms with E-state index in [2.05, 4.69) is 15.6 Å². The lowest BCUT2D eigenvalue weighted by atomic mass is 10.2. The molecule has 0 radical (unpaired) electrons. The Labute approximate surface area is 181 Å². The summed E-state index contributed by atoms with van der Waals surface area (Å²) in [5.74, 6) is 0.529. The molecule has 1 aromatic heterocycles. The van der Waals surface area contributed by atoms with Crippen LogP contribution in [0.4, 0.5) is 19.0 Å². The SMILES string of the molecule is COc1cc(/C=C/C(=O)NCCNc2ncc(C(F)(F)F)cc2Cl)cc(Cl)c1OC. The molecule has 0 saturated heterocycles. The van der Waals surface area contributed by atoms with Gasteiger partial charge in [-0.1, -0.05) is 23.2 Å². The Bertz CT molecular complexity index is 937. The molecule has 0 spiro atoms. The first-order chi connectivity index (χ1) is 14.2. The molecule has 11 heteroatoms. The van der Waals surface area contributed by atoms with Gasteiger partial charge in [-0.2, -0.15) is 13.2 Å². The Morgan fingerprint density at radius 1 is 1.13 bits per heavy atom. The highest BCUT2D eigenvalue weighted by Crippen LogP contribution is 2.36. The Kier molecular flexibility index (Phi) is 8.19. The average molecular weight is 464 g/mol. The summed E-state index contributed by atoms with van der Waals surface area (Å²) in [7, 11) is 2.94. The van der Waals surface area contributed by atoms with Crippen LogP contribution in [-0.4, -0.2) is 38.2 Å². The number of nitrogens with one attached hydrogen (secondary N) is 2. The van der Waals surface area contributed by atoms with Crippen molar-refractivity contribution in [2.24, 2.45) is 0 Å². The van der Waals surface area contributed by atoms with Crippen molar-refractivity contribution in [3.05, 3.63) is 51.6 Å². The molecule has 0 atom stereocenters. The number of anilines is 1. The maximum Gasteiger partial charge on any atom is 0.417 e. The number of amides is 1. The minimum atomic E-state index is -4.52. The topological polar surface area (TPSA) is 72.5 Å². The molecule has 2 N–H and O–H groups in total. The Morgan fingerprint density at radius 2 is 1.87 bits per heavy atom. The van der Waals surface area contributed by atoms with E-state index in [9.17, 15) is 18.0 Å². The summed E-state index contributed by atoms with van der Waals surface area (Å²) < 4.78 is 48.1. The van der Waals surface area contributed by atoms with E-state index >= 15 is 0 Å². The highest BCUT2D eigenvalue weighted by atomic mass is 35.5. The van der Waals surface area contributed by atoms with Crippen molar-refractivity contribution >= 4 is 41.0 Å². The fourth-order valence-corrected chi connectivity index (χ4v) is 2.88. The minimum absolute atomic E-state index is 0.0921. The van der Waals surface area contributed by atoms with Crippen molar-refractivity contribution in [2.75, 3.05) is 32.6 Å². The number of hydrogen-bond donors (Lipinski definition) is 2. The second kappa shape index (κ2) is 10.4. The van der Waals surface area contributed by atoms with Gasteiger partial charge < -0.3 is 20.1 Å². The van der Waals surface area contributed by atoms with Crippen LogP contribution < -0.4 is 20.1 Å². The standard InChI is InChI=1S/C19H18Cl2F3N3O3/c1-29-15-8-11(7-13(20)17(15)30-2)3-4-16(28)25-5-6-26-18-14(21)9-12(10-27-18)19(22,23)24/h3-4,7-10H,5-6H2,1-2H3,(H,25,28)(H,26,27)/b4-3+. The molecule has 0 aliphatic carbocycles. The number of carbonyl (C=O) groups is 1. The molecule has 2 rings (SSSR count). The molecule has 0 unspecified atom stereocenters. The predicted molar refractivity (Wildman–Crippen MR) is 109 cm³/mol. The molecule has 0 aliphatic heterocycles. The van der Waals surface area contributed by atoms with E-state index < -0.39 is 11.7 Å². The number of aromatic nitrogens is 1. The van der Waals surface area contributed by atoms with Gasteiger partial charge in [-0.25, -0.2) is 4.98 Å². The molecular formula is C19H18Cl2F3N3O3. The number of pyridine rings is 1. The third-order valence-electron chi connectivity index (χ3n) is 3.77. The van der Waals surface area contributed by atoms with Gasteiger partial charge in [0.25, 0.3) is 0 Å². The van der Waals surface area contributed by atoms with Crippen LogP contribution in [0.2, 0.25) is 10.0 Å². The summed E-state index contributed by atoms with van der Waals surface area (Å²) in [5.41, 5.74) is -0.307. The third-order valence-corrected chi connectivity index (χ3v) is 4.34. The molecule has 1 amide bonds. The minimum Gasteiger partial charge on any atom is -0.493 e. The number of benzene rings is 1. The van der Waals surface area contributed by atoms with Crippen LogP contribution in [-0.2, 0) is 11.0 Å². The van der Waals surface area contributed by atoms with Gasteiger partial charge in [-0.3, -0.25) is 4.79 Å². The Hall–Kier alpha value is -2.65. The molecule has 0 fully saturated rings. The monoisotopic (exact) mass is 463 g/mol. The number of carbonyl (C=O) groups excluding carboxylic acids is 1. The largest absolute Gasteiger partial charge is 0.493 e. The molecule has 6 nitrogen and oxygen atoms in total. The maximum atomic E-state index is 12.6. The van der Waals surface area contributed by atoms with Crippen LogP contribution in [0.5, 0.6) is 11.5 Å². The Morgan fingerprint density at radius 3 is 2.47 bits per heavy atom. The van der Waals surface area contributed by atoms with E-state index in [1.807, 2.05) is 0 Å². The molecule has 1 aromatic carbocycles. The van der Waals surface area contributed by atoms with Crippen LogP contribution in [0.15, 0.2) is 30.5 Å². The molecule has 0 saturated carbocycles. The van der Waals surface area contributed by atoms with Crippen molar-refractivity contribution in [2.45, 2.75) is 6.18 Å². The van der Waals surface area contributed by atoms with Crippen LogP contribution >= 0.6 is 23.2 Å². The van der Waals surface area contributed by atoms with Gasteiger partial charge in [-0.15, -0.1) is 0 Å². The second-order valence-electron chi connectivity index (χ2n) is 5.84. The number of halogens is 5. The van der Waals surface area contributed by atoms with Crippen molar-refractivity contribution in [1.82, 2.24) is 10.3 Å². The average Bonchev–Trinajstić information content (AvgIpc) is 2.69. The van der Waals surface area contributed by atoms with E-state index in [0.29, 0.717) is 28.3 Å². The van der Waals surface area contributed by atoms with Crippen LogP contribution in [0, 0.1) is 0 Å². The van der Waals surface area contributed by atoms with Gasteiger partial charge >= 0.3 is 6.18 Å². The first-order valence-electron chi connectivity index (χ1n) is 8.49. The van der Waals surface area contributed by atoms with Gasteiger partial charge in [0.2, 0.25) is 5.91 Å². The zero-order chi connectivity index (χ0) is 22.3. The lowest BCUT2D eigenvalue weighted by molar-refractivity contribution is -0.137. The summed E-state index contributed by atoms with van der Waals surface area (Å²) in [5, 5.41) is 5.54. The summed E-state index contributed by atoms with van der Waals surface area (Å²) in [4.78, 5) is 15.6. The van der Waals surface area contributed by atoms with Crippen molar-refractivity contribution in [3.63, 3.8) is 0 Å². The Balaban J connectivity index is 1.86.